The first-order valence-corrected chi connectivity index (χ1v) is 7.79. The molecule has 7 heteroatoms. The second kappa shape index (κ2) is 7.19. The lowest BCUT2D eigenvalue weighted by atomic mass is 10.2. The molecule has 2 N–H and O–H groups in total. The van der Waals surface area contributed by atoms with Gasteiger partial charge in [-0.25, -0.2) is 4.98 Å². The van der Waals surface area contributed by atoms with Crippen LogP contribution in [0, 0.1) is 0 Å². The van der Waals surface area contributed by atoms with E-state index in [0.29, 0.717) is 33.8 Å². The van der Waals surface area contributed by atoms with E-state index in [0.717, 1.165) is 0 Å². The number of fused-ring (bicyclic) bond motifs is 1. The molecule has 1 amide bonds. The maximum atomic E-state index is 11.4. The lowest BCUT2D eigenvalue weighted by molar-refractivity contribution is -0.114. The molecule has 0 aliphatic carbocycles. The van der Waals surface area contributed by atoms with Crippen molar-refractivity contribution in [3.63, 3.8) is 0 Å². The normalized spacial score (nSPS) is 11.4. The van der Waals surface area contributed by atoms with Crippen molar-refractivity contribution in [2.75, 3.05) is 10.6 Å². The van der Waals surface area contributed by atoms with Crippen LogP contribution in [0.2, 0.25) is 5.02 Å². The Bertz CT molecular complexity index is 979. The molecule has 25 heavy (non-hydrogen) atoms. The van der Waals surface area contributed by atoms with Gasteiger partial charge in [0.2, 0.25) is 11.8 Å². The summed E-state index contributed by atoms with van der Waals surface area (Å²) in [6, 6.07) is 12.1. The van der Waals surface area contributed by atoms with Crippen LogP contribution >= 0.6 is 11.6 Å². The van der Waals surface area contributed by atoms with Gasteiger partial charge in [-0.1, -0.05) is 17.7 Å². The van der Waals surface area contributed by atoms with Crippen LogP contribution in [0.3, 0.4) is 0 Å². The van der Waals surface area contributed by atoms with Crippen LogP contribution in [0.4, 0.5) is 11.4 Å². The molecular weight excluding hydrogens is 342 g/mol. The number of carbonyl (C=O) groups excluding carboxylic acids is 2. The highest BCUT2D eigenvalue weighted by Gasteiger charge is 2.10. The van der Waals surface area contributed by atoms with E-state index < -0.39 is 0 Å². The summed E-state index contributed by atoms with van der Waals surface area (Å²) < 4.78 is 5.57. The second-order valence-corrected chi connectivity index (χ2v) is 5.69. The van der Waals surface area contributed by atoms with Crippen LogP contribution in [0.1, 0.15) is 12.8 Å². The van der Waals surface area contributed by atoms with Gasteiger partial charge in [-0.15, -0.1) is 0 Å². The molecule has 0 saturated heterocycles. The number of amides is 1. The third-order valence-corrected chi connectivity index (χ3v) is 3.54. The number of hydrogen-bond donors (Lipinski definition) is 2. The standard InChI is InChI=1S/C18H14ClN3O3/c1-11(24)21-15-4-2-3-14(8-15)20-9-12(10-23)18-22-16-7-13(19)5-6-17(16)25-18/h2-10,20H,1H3,(H,21,24). The topological polar surface area (TPSA) is 84.2 Å². The fourth-order valence-corrected chi connectivity index (χ4v) is 2.39. The summed E-state index contributed by atoms with van der Waals surface area (Å²) >= 11 is 5.93. The molecule has 0 atom stereocenters. The highest BCUT2D eigenvalue weighted by Crippen LogP contribution is 2.23. The van der Waals surface area contributed by atoms with E-state index in [1.807, 2.05) is 0 Å². The number of hydrogen-bond acceptors (Lipinski definition) is 5. The zero-order valence-corrected chi connectivity index (χ0v) is 14.0. The number of aldehydes is 1. The Labute approximate surface area is 148 Å². The van der Waals surface area contributed by atoms with Gasteiger partial charge in [-0.05, 0) is 36.4 Å². The van der Waals surface area contributed by atoms with Crippen molar-refractivity contribution in [3.05, 3.63) is 59.6 Å². The van der Waals surface area contributed by atoms with Crippen LogP contribution < -0.4 is 10.6 Å². The second-order valence-electron chi connectivity index (χ2n) is 5.25. The molecule has 1 aromatic heterocycles. The molecule has 0 bridgehead atoms. The minimum atomic E-state index is -0.161. The Hall–Kier alpha value is -3.12. The smallest absolute Gasteiger partial charge is 0.232 e. The molecule has 3 aromatic rings. The quantitative estimate of drug-likeness (QED) is 0.532. The van der Waals surface area contributed by atoms with Gasteiger partial charge in [0.05, 0.1) is 5.57 Å². The molecule has 0 spiro atoms. The largest absolute Gasteiger partial charge is 0.436 e. The van der Waals surface area contributed by atoms with E-state index in [1.165, 1.54) is 13.1 Å². The summed E-state index contributed by atoms with van der Waals surface area (Å²) in [4.78, 5) is 26.8. The number of allylic oxidation sites excluding steroid dienone is 1. The first-order valence-electron chi connectivity index (χ1n) is 7.41. The average Bonchev–Trinajstić information content (AvgIpc) is 2.98. The minimum absolute atomic E-state index is 0.161. The molecule has 0 aliphatic rings. The van der Waals surface area contributed by atoms with Crippen LogP contribution in [-0.2, 0) is 9.59 Å². The number of anilines is 2. The molecular formula is C18H14ClN3O3. The molecule has 0 fully saturated rings. The van der Waals surface area contributed by atoms with Crippen molar-refractivity contribution in [1.82, 2.24) is 4.98 Å². The SMILES string of the molecule is CC(=O)Nc1cccc(NC=C(C=O)c2nc3cc(Cl)ccc3o2)c1. The average molecular weight is 356 g/mol. The highest BCUT2D eigenvalue weighted by molar-refractivity contribution is 6.31. The van der Waals surface area contributed by atoms with E-state index in [2.05, 4.69) is 15.6 Å². The Morgan fingerprint density at radius 2 is 2.00 bits per heavy atom. The molecule has 126 valence electrons. The summed E-state index contributed by atoms with van der Waals surface area (Å²) in [5.41, 5.74) is 2.71. The first kappa shape index (κ1) is 16.7. The van der Waals surface area contributed by atoms with Gasteiger partial charge in [0, 0.05) is 29.5 Å². The molecule has 0 saturated carbocycles. The van der Waals surface area contributed by atoms with Gasteiger partial charge in [0.1, 0.15) is 5.52 Å². The number of nitrogens with zero attached hydrogens (tertiary/aromatic N) is 1. The van der Waals surface area contributed by atoms with Gasteiger partial charge < -0.3 is 15.1 Å². The predicted octanol–water partition coefficient (Wildman–Crippen LogP) is 4.09. The Morgan fingerprint density at radius 3 is 2.76 bits per heavy atom. The lowest BCUT2D eigenvalue weighted by Gasteiger charge is -2.05. The van der Waals surface area contributed by atoms with Crippen molar-refractivity contribution in [3.8, 4) is 0 Å². The van der Waals surface area contributed by atoms with Gasteiger partial charge in [0.25, 0.3) is 0 Å². The van der Waals surface area contributed by atoms with Gasteiger partial charge in [-0.3, -0.25) is 9.59 Å². The molecule has 2 aromatic carbocycles. The maximum absolute atomic E-state index is 11.4. The van der Waals surface area contributed by atoms with E-state index in [1.54, 1.807) is 42.5 Å². The molecule has 0 unspecified atom stereocenters. The fourth-order valence-electron chi connectivity index (χ4n) is 2.22. The van der Waals surface area contributed by atoms with E-state index in [4.69, 9.17) is 16.0 Å². The van der Waals surface area contributed by atoms with E-state index in [-0.39, 0.29) is 17.4 Å². The minimum Gasteiger partial charge on any atom is -0.436 e. The monoisotopic (exact) mass is 355 g/mol. The number of benzene rings is 2. The number of aromatic nitrogens is 1. The Morgan fingerprint density at radius 1 is 1.20 bits per heavy atom. The third kappa shape index (κ3) is 4.05. The van der Waals surface area contributed by atoms with Crippen molar-refractivity contribution < 1.29 is 14.0 Å². The summed E-state index contributed by atoms with van der Waals surface area (Å²) in [5.74, 6) is 0.0317. The van der Waals surface area contributed by atoms with Crippen molar-refractivity contribution in [2.24, 2.45) is 0 Å². The Kier molecular flexibility index (Phi) is 4.81. The Balaban J connectivity index is 1.84. The fraction of sp³-hybridized carbons (Fsp3) is 0.0556. The van der Waals surface area contributed by atoms with Crippen molar-refractivity contribution in [2.45, 2.75) is 6.92 Å². The predicted molar refractivity (Wildman–Crippen MR) is 97.4 cm³/mol. The highest BCUT2D eigenvalue weighted by atomic mass is 35.5. The van der Waals surface area contributed by atoms with Crippen molar-refractivity contribution >= 4 is 51.8 Å². The molecule has 6 nitrogen and oxygen atoms in total. The number of nitrogens with one attached hydrogen (secondary N) is 2. The van der Waals surface area contributed by atoms with E-state index >= 15 is 0 Å². The van der Waals surface area contributed by atoms with Gasteiger partial charge in [0.15, 0.2) is 11.9 Å². The lowest BCUT2D eigenvalue weighted by Crippen LogP contribution is -2.05. The molecule has 1 heterocycles. The first-order chi connectivity index (χ1) is 12.0. The van der Waals surface area contributed by atoms with Crippen LogP contribution in [-0.4, -0.2) is 17.2 Å². The summed E-state index contributed by atoms with van der Waals surface area (Å²) in [7, 11) is 0. The zero-order chi connectivity index (χ0) is 17.8. The number of rotatable bonds is 5. The number of carbonyl (C=O) groups is 2. The van der Waals surface area contributed by atoms with Crippen LogP contribution in [0.25, 0.3) is 16.7 Å². The number of oxazole rings is 1. The summed E-state index contributed by atoms with van der Waals surface area (Å²) in [6.07, 6.45) is 2.14. The van der Waals surface area contributed by atoms with Gasteiger partial charge >= 0.3 is 0 Å². The molecule has 3 rings (SSSR count). The molecule has 0 radical (unpaired) electrons. The van der Waals surface area contributed by atoms with Crippen LogP contribution in [0.5, 0.6) is 0 Å². The third-order valence-electron chi connectivity index (χ3n) is 3.30. The van der Waals surface area contributed by atoms with Gasteiger partial charge in [-0.2, -0.15) is 0 Å². The molecule has 0 aliphatic heterocycles. The number of halogens is 1. The van der Waals surface area contributed by atoms with Crippen molar-refractivity contribution in [1.29, 1.82) is 0 Å². The van der Waals surface area contributed by atoms with Crippen LogP contribution in [0.15, 0.2) is 53.1 Å². The van der Waals surface area contributed by atoms with E-state index in [9.17, 15) is 9.59 Å². The summed E-state index contributed by atoms with van der Waals surface area (Å²) in [5, 5.41) is 6.22. The maximum Gasteiger partial charge on any atom is 0.232 e. The summed E-state index contributed by atoms with van der Waals surface area (Å²) in [6.45, 7) is 1.43. The zero-order valence-electron chi connectivity index (χ0n) is 13.2.